The summed E-state index contributed by atoms with van der Waals surface area (Å²) in [6, 6.07) is 22.9. The highest BCUT2D eigenvalue weighted by molar-refractivity contribution is 5.97. The van der Waals surface area contributed by atoms with E-state index >= 15 is 0 Å². The van der Waals surface area contributed by atoms with Crippen LogP contribution in [0.15, 0.2) is 78.9 Å². The third kappa shape index (κ3) is 6.78. The van der Waals surface area contributed by atoms with Gasteiger partial charge in [-0.15, -0.1) is 0 Å². The maximum Gasteiger partial charge on any atom is 0.338 e. The minimum Gasteiger partial charge on any atom is -0.467 e. The number of hydrogen-bond acceptors (Lipinski definition) is 5. The number of hydrogen-bond donors (Lipinski definition) is 1. The highest BCUT2D eigenvalue weighted by atomic mass is 16.6. The molecule has 0 bridgehead atoms. The predicted octanol–water partition coefficient (Wildman–Crippen LogP) is 4.82. The van der Waals surface area contributed by atoms with Gasteiger partial charge in [0.05, 0.1) is 12.7 Å². The average Bonchev–Trinajstić information content (AvgIpc) is 2.83. The van der Waals surface area contributed by atoms with Gasteiger partial charge in [0.25, 0.3) is 5.91 Å². The van der Waals surface area contributed by atoms with Crippen LogP contribution < -0.4 is 5.32 Å². The zero-order valence-electron chi connectivity index (χ0n) is 19.8. The van der Waals surface area contributed by atoms with Crippen molar-refractivity contribution in [3.8, 4) is 11.1 Å². The van der Waals surface area contributed by atoms with Crippen LogP contribution in [-0.2, 0) is 20.7 Å². The lowest BCUT2D eigenvalue weighted by Crippen LogP contribution is -2.43. The van der Waals surface area contributed by atoms with Crippen LogP contribution in [0.1, 0.15) is 47.1 Å². The number of rotatable bonds is 7. The number of carbonyl (C=O) groups is 3. The smallest absolute Gasteiger partial charge is 0.338 e. The highest BCUT2D eigenvalue weighted by Gasteiger charge is 2.23. The van der Waals surface area contributed by atoms with Crippen molar-refractivity contribution in [2.24, 2.45) is 0 Å². The molecule has 0 radical (unpaired) electrons. The summed E-state index contributed by atoms with van der Waals surface area (Å²) in [4.78, 5) is 37.4. The van der Waals surface area contributed by atoms with E-state index in [0.29, 0.717) is 11.1 Å². The summed E-state index contributed by atoms with van der Waals surface area (Å²) in [5, 5.41) is 2.76. The number of ether oxygens (including phenoxy) is 2. The van der Waals surface area contributed by atoms with E-state index in [1.54, 1.807) is 57.2 Å². The normalized spacial score (nSPS) is 11.9. The Hall–Kier alpha value is -3.93. The molecule has 176 valence electrons. The molecule has 0 spiro atoms. The van der Waals surface area contributed by atoms with E-state index in [2.05, 4.69) is 5.32 Å². The SMILES string of the molecule is COC(=O)[C@@H](Cc1ccc(C(=O)OC(C)(C)C)cc1)NC(=O)c1ccc(-c2ccccc2)cc1. The average molecular weight is 460 g/mol. The van der Waals surface area contributed by atoms with Crippen LogP contribution >= 0.6 is 0 Å². The van der Waals surface area contributed by atoms with E-state index in [9.17, 15) is 14.4 Å². The molecule has 1 N–H and O–H groups in total. The summed E-state index contributed by atoms with van der Waals surface area (Å²) in [6.07, 6.45) is 0.217. The van der Waals surface area contributed by atoms with E-state index in [1.807, 2.05) is 42.5 Å². The second-order valence-electron chi connectivity index (χ2n) is 8.90. The van der Waals surface area contributed by atoms with Crippen molar-refractivity contribution in [1.82, 2.24) is 5.32 Å². The van der Waals surface area contributed by atoms with Gasteiger partial charge in [0.1, 0.15) is 11.6 Å². The van der Waals surface area contributed by atoms with Gasteiger partial charge in [-0.1, -0.05) is 54.6 Å². The molecule has 34 heavy (non-hydrogen) atoms. The maximum atomic E-state index is 12.8. The molecular formula is C28H29NO5. The van der Waals surface area contributed by atoms with Gasteiger partial charge in [-0.2, -0.15) is 0 Å². The summed E-state index contributed by atoms with van der Waals surface area (Å²) in [5.74, 6) is -1.35. The summed E-state index contributed by atoms with van der Waals surface area (Å²) in [7, 11) is 1.28. The first-order chi connectivity index (χ1) is 16.2. The Kier molecular flexibility index (Phi) is 7.84. The molecule has 6 heteroatoms. The van der Waals surface area contributed by atoms with E-state index in [4.69, 9.17) is 9.47 Å². The Morgan fingerprint density at radius 3 is 1.91 bits per heavy atom. The topological polar surface area (TPSA) is 81.7 Å². The van der Waals surface area contributed by atoms with Gasteiger partial charge >= 0.3 is 11.9 Å². The van der Waals surface area contributed by atoms with Gasteiger partial charge in [0.2, 0.25) is 0 Å². The molecule has 0 unspecified atom stereocenters. The quantitative estimate of drug-likeness (QED) is 0.512. The molecule has 1 amide bonds. The van der Waals surface area contributed by atoms with Crippen molar-refractivity contribution in [3.05, 3.63) is 95.6 Å². The highest BCUT2D eigenvalue weighted by Crippen LogP contribution is 2.19. The first kappa shape index (κ1) is 24.7. The van der Waals surface area contributed by atoms with Crippen molar-refractivity contribution < 1.29 is 23.9 Å². The molecule has 0 aliphatic rings. The van der Waals surface area contributed by atoms with Gasteiger partial charge in [-0.3, -0.25) is 4.79 Å². The summed E-state index contributed by atoms with van der Waals surface area (Å²) in [6.45, 7) is 5.41. The van der Waals surface area contributed by atoms with Gasteiger partial charge in [-0.25, -0.2) is 9.59 Å². The van der Waals surface area contributed by atoms with Gasteiger partial charge in [0.15, 0.2) is 0 Å². The van der Waals surface area contributed by atoms with E-state index in [-0.39, 0.29) is 12.3 Å². The first-order valence-electron chi connectivity index (χ1n) is 11.0. The fourth-order valence-electron chi connectivity index (χ4n) is 3.37. The molecule has 0 saturated carbocycles. The van der Waals surface area contributed by atoms with Crippen LogP contribution in [-0.4, -0.2) is 36.6 Å². The fraction of sp³-hybridized carbons (Fsp3) is 0.250. The third-order valence-electron chi connectivity index (χ3n) is 5.07. The molecule has 1 atom stereocenters. The number of carbonyl (C=O) groups excluding carboxylic acids is 3. The van der Waals surface area contributed by atoms with Crippen LogP contribution in [0, 0.1) is 0 Å². The van der Waals surface area contributed by atoms with Crippen LogP contribution in [0.25, 0.3) is 11.1 Å². The molecule has 6 nitrogen and oxygen atoms in total. The number of amides is 1. The number of esters is 2. The predicted molar refractivity (Wildman–Crippen MR) is 130 cm³/mol. The third-order valence-corrected chi connectivity index (χ3v) is 5.07. The zero-order valence-corrected chi connectivity index (χ0v) is 19.8. The molecule has 0 aliphatic carbocycles. The Balaban J connectivity index is 1.68. The maximum absolute atomic E-state index is 12.8. The van der Waals surface area contributed by atoms with Gasteiger partial charge < -0.3 is 14.8 Å². The van der Waals surface area contributed by atoms with Crippen molar-refractivity contribution in [1.29, 1.82) is 0 Å². The molecule has 3 aromatic carbocycles. The number of nitrogens with one attached hydrogen (secondary N) is 1. The van der Waals surface area contributed by atoms with E-state index < -0.39 is 23.6 Å². The Labute approximate surface area is 199 Å². The molecule has 0 heterocycles. The van der Waals surface area contributed by atoms with Crippen molar-refractivity contribution in [2.75, 3.05) is 7.11 Å². The number of benzene rings is 3. The zero-order chi connectivity index (χ0) is 24.7. The van der Waals surface area contributed by atoms with Crippen LogP contribution in [0.5, 0.6) is 0 Å². The van der Waals surface area contributed by atoms with Crippen molar-refractivity contribution in [3.63, 3.8) is 0 Å². The van der Waals surface area contributed by atoms with Gasteiger partial charge in [0, 0.05) is 12.0 Å². The largest absolute Gasteiger partial charge is 0.467 e. The lowest BCUT2D eigenvalue weighted by atomic mass is 10.0. The Bertz CT molecular complexity index is 1130. The standard InChI is InChI=1S/C28H29NO5/c1-28(2,3)34-26(31)23-12-10-19(11-13-23)18-24(27(32)33-4)29-25(30)22-16-14-21(15-17-22)20-8-6-5-7-9-20/h5-17,24H,18H2,1-4H3,(H,29,30)/t24-/m1/s1. The molecule has 3 rings (SSSR count). The molecule has 0 aliphatic heterocycles. The van der Waals surface area contributed by atoms with E-state index in [1.165, 1.54) is 7.11 Å². The monoisotopic (exact) mass is 459 g/mol. The lowest BCUT2D eigenvalue weighted by Gasteiger charge is -2.20. The van der Waals surface area contributed by atoms with Crippen LogP contribution in [0.3, 0.4) is 0 Å². The second-order valence-corrected chi connectivity index (χ2v) is 8.90. The van der Waals surface area contributed by atoms with Crippen LogP contribution in [0.4, 0.5) is 0 Å². The molecule has 0 saturated heterocycles. The Morgan fingerprint density at radius 1 is 0.794 bits per heavy atom. The molecule has 3 aromatic rings. The minimum absolute atomic E-state index is 0.217. The first-order valence-corrected chi connectivity index (χ1v) is 11.0. The van der Waals surface area contributed by atoms with E-state index in [0.717, 1.165) is 16.7 Å². The second kappa shape index (κ2) is 10.8. The summed E-state index contributed by atoms with van der Waals surface area (Å²) in [5.41, 5.74) is 3.07. The fourth-order valence-corrected chi connectivity index (χ4v) is 3.37. The number of methoxy groups -OCH3 is 1. The van der Waals surface area contributed by atoms with Crippen LogP contribution in [0.2, 0.25) is 0 Å². The van der Waals surface area contributed by atoms with Crippen molar-refractivity contribution in [2.45, 2.75) is 38.8 Å². The summed E-state index contributed by atoms with van der Waals surface area (Å²) >= 11 is 0. The Morgan fingerprint density at radius 2 is 1.35 bits per heavy atom. The molecule has 0 aromatic heterocycles. The van der Waals surface area contributed by atoms with Gasteiger partial charge in [-0.05, 0) is 61.7 Å². The lowest BCUT2D eigenvalue weighted by molar-refractivity contribution is -0.142. The molecular weight excluding hydrogens is 430 g/mol. The molecule has 0 fully saturated rings. The summed E-state index contributed by atoms with van der Waals surface area (Å²) < 4.78 is 10.3. The minimum atomic E-state index is -0.876. The van der Waals surface area contributed by atoms with Crippen molar-refractivity contribution >= 4 is 17.8 Å².